The average molecular weight is 345 g/mol. The van der Waals surface area contributed by atoms with Gasteiger partial charge in [-0.05, 0) is 37.5 Å². The number of carbonyl (C=O) groups is 1. The number of esters is 1. The third kappa shape index (κ3) is 4.66. The molecule has 0 aliphatic rings. The maximum Gasteiger partial charge on any atom is 0.433 e. The third-order valence-corrected chi connectivity index (χ3v) is 3.55. The highest BCUT2D eigenvalue weighted by atomic mass is 19.4. The number of nitrogens with zero attached hydrogens (tertiary/aromatic N) is 1. The second-order valence-corrected chi connectivity index (χ2v) is 5.16. The first-order chi connectivity index (χ1) is 11.1. The molecule has 0 saturated heterocycles. The lowest BCUT2D eigenvalue weighted by molar-refractivity contribution is -0.0924. The first-order valence-electron chi connectivity index (χ1n) is 7.36. The van der Waals surface area contributed by atoms with Gasteiger partial charge in [0.2, 0.25) is 0 Å². The van der Waals surface area contributed by atoms with Crippen LogP contribution in [0.2, 0.25) is 0 Å². The zero-order valence-corrected chi connectivity index (χ0v) is 13.9. The molecule has 0 aromatic heterocycles. The van der Waals surface area contributed by atoms with Crippen LogP contribution in [0.1, 0.15) is 43.1 Å². The van der Waals surface area contributed by atoms with Gasteiger partial charge in [0.25, 0.3) is 0 Å². The molecule has 3 nitrogen and oxygen atoms in total. The molecule has 0 heterocycles. The molecule has 24 heavy (non-hydrogen) atoms. The monoisotopic (exact) mass is 345 g/mol. The van der Waals surface area contributed by atoms with Crippen LogP contribution in [-0.4, -0.2) is 25.0 Å². The molecule has 7 heteroatoms. The number of allylic oxidation sites excluding steroid dienone is 2. The quantitative estimate of drug-likeness (QED) is 0.432. The van der Waals surface area contributed by atoms with Crippen LogP contribution in [-0.2, 0) is 4.74 Å². The molecule has 0 saturated carbocycles. The van der Waals surface area contributed by atoms with E-state index >= 15 is 0 Å². The average Bonchev–Trinajstić information content (AvgIpc) is 2.53. The Bertz CT molecular complexity index is 663. The summed E-state index contributed by atoms with van der Waals surface area (Å²) in [5, 5.41) is 0. The number of carbonyl (C=O) groups excluding carboxylic acids is 1. The van der Waals surface area contributed by atoms with E-state index in [4.69, 9.17) is 0 Å². The van der Waals surface area contributed by atoms with E-state index in [1.165, 1.54) is 19.1 Å². The summed E-state index contributed by atoms with van der Waals surface area (Å²) in [5.74, 6) is -1.96. The molecular formula is C17H19F4NO2. The van der Waals surface area contributed by atoms with Gasteiger partial charge in [0.05, 0.1) is 18.4 Å². The minimum absolute atomic E-state index is 0.0168. The highest BCUT2D eigenvalue weighted by molar-refractivity contribution is 6.03. The van der Waals surface area contributed by atoms with Crippen molar-refractivity contribution in [2.45, 2.75) is 33.4 Å². The Morgan fingerprint density at radius 2 is 2.00 bits per heavy atom. The number of aliphatic imine (C=N–C) groups is 1. The Morgan fingerprint density at radius 3 is 2.42 bits per heavy atom. The molecule has 0 N–H and O–H groups in total. The summed E-state index contributed by atoms with van der Waals surface area (Å²) in [6.07, 6.45) is -3.31. The number of halogens is 4. The Kier molecular flexibility index (Phi) is 6.69. The number of hydrogen-bond donors (Lipinski definition) is 0. The number of alkyl halides is 3. The first-order valence-corrected chi connectivity index (χ1v) is 7.36. The predicted octanol–water partition coefficient (Wildman–Crippen LogP) is 4.91. The third-order valence-electron chi connectivity index (χ3n) is 3.55. The van der Waals surface area contributed by atoms with Crippen molar-refractivity contribution in [3.05, 3.63) is 46.9 Å². The summed E-state index contributed by atoms with van der Waals surface area (Å²) >= 11 is 0. The lowest BCUT2D eigenvalue weighted by Gasteiger charge is -2.16. The number of hydrogen-bond acceptors (Lipinski definition) is 3. The van der Waals surface area contributed by atoms with E-state index in [1.807, 2.05) is 0 Å². The molecule has 1 unspecified atom stereocenters. The fourth-order valence-electron chi connectivity index (χ4n) is 2.02. The van der Waals surface area contributed by atoms with Crippen molar-refractivity contribution >= 4 is 11.7 Å². The SMILES string of the molecule is C/C=C(\N=C(c1ccc(C(=O)OC)cc1F)C(C)CC)C(F)(F)F. The predicted molar refractivity (Wildman–Crippen MR) is 83.5 cm³/mol. The molecule has 1 aromatic carbocycles. The molecule has 1 rings (SSSR count). The topological polar surface area (TPSA) is 38.7 Å². The van der Waals surface area contributed by atoms with E-state index in [2.05, 4.69) is 9.73 Å². The molecule has 0 bridgehead atoms. The van der Waals surface area contributed by atoms with Crippen molar-refractivity contribution < 1.29 is 27.1 Å². The van der Waals surface area contributed by atoms with Gasteiger partial charge in [0, 0.05) is 5.56 Å². The zero-order chi connectivity index (χ0) is 18.5. The summed E-state index contributed by atoms with van der Waals surface area (Å²) in [7, 11) is 1.15. The molecule has 0 aliphatic carbocycles. The molecule has 0 aliphatic heterocycles. The van der Waals surface area contributed by atoms with Crippen LogP contribution in [0, 0.1) is 11.7 Å². The van der Waals surface area contributed by atoms with Crippen molar-refractivity contribution in [1.29, 1.82) is 0 Å². The first kappa shape index (κ1) is 19.9. The van der Waals surface area contributed by atoms with E-state index < -0.39 is 29.6 Å². The van der Waals surface area contributed by atoms with E-state index in [0.29, 0.717) is 6.42 Å². The van der Waals surface area contributed by atoms with Gasteiger partial charge in [-0.25, -0.2) is 14.2 Å². The number of rotatable bonds is 5. The van der Waals surface area contributed by atoms with Crippen LogP contribution in [0.4, 0.5) is 17.6 Å². The molecule has 0 fully saturated rings. The van der Waals surface area contributed by atoms with Crippen molar-refractivity contribution in [1.82, 2.24) is 0 Å². The number of ether oxygens (including phenoxy) is 1. The van der Waals surface area contributed by atoms with Crippen molar-refractivity contribution in [3.63, 3.8) is 0 Å². The van der Waals surface area contributed by atoms with Gasteiger partial charge in [-0.1, -0.05) is 19.9 Å². The van der Waals surface area contributed by atoms with E-state index in [1.54, 1.807) is 13.8 Å². The van der Waals surface area contributed by atoms with Crippen molar-refractivity contribution in [2.75, 3.05) is 7.11 Å². The Balaban J connectivity index is 3.46. The van der Waals surface area contributed by atoms with Gasteiger partial charge in [-0.3, -0.25) is 0 Å². The lowest BCUT2D eigenvalue weighted by atomic mass is 9.94. The normalized spacial score (nSPS) is 14.5. The van der Waals surface area contributed by atoms with Crippen LogP contribution in [0.3, 0.4) is 0 Å². The van der Waals surface area contributed by atoms with Gasteiger partial charge in [-0.2, -0.15) is 13.2 Å². The zero-order valence-electron chi connectivity index (χ0n) is 13.9. The number of benzene rings is 1. The van der Waals surface area contributed by atoms with Gasteiger partial charge in [0.1, 0.15) is 11.5 Å². The van der Waals surface area contributed by atoms with Crippen molar-refractivity contribution in [2.24, 2.45) is 10.9 Å². The summed E-state index contributed by atoms with van der Waals surface area (Å²) in [6.45, 7) is 4.65. The molecule has 1 atom stereocenters. The molecular weight excluding hydrogens is 326 g/mol. The summed E-state index contributed by atoms with van der Waals surface area (Å²) in [6, 6.07) is 3.48. The van der Waals surface area contributed by atoms with Crippen LogP contribution < -0.4 is 0 Å². The smallest absolute Gasteiger partial charge is 0.433 e. The molecule has 0 radical (unpaired) electrons. The fraction of sp³-hybridized carbons (Fsp3) is 0.412. The maximum absolute atomic E-state index is 14.4. The van der Waals surface area contributed by atoms with E-state index in [-0.39, 0.29) is 16.8 Å². The number of methoxy groups -OCH3 is 1. The van der Waals surface area contributed by atoms with E-state index in [9.17, 15) is 22.4 Å². The summed E-state index contributed by atoms with van der Waals surface area (Å²) in [4.78, 5) is 15.1. The van der Waals surface area contributed by atoms with Gasteiger partial charge < -0.3 is 4.74 Å². The van der Waals surface area contributed by atoms with Crippen LogP contribution >= 0.6 is 0 Å². The fourth-order valence-corrected chi connectivity index (χ4v) is 2.02. The molecule has 132 valence electrons. The highest BCUT2D eigenvalue weighted by Crippen LogP contribution is 2.29. The van der Waals surface area contributed by atoms with Gasteiger partial charge in [0.15, 0.2) is 0 Å². The summed E-state index contributed by atoms with van der Waals surface area (Å²) in [5.41, 5.74) is -1.20. The lowest BCUT2D eigenvalue weighted by Crippen LogP contribution is -2.18. The Labute approximate surface area is 138 Å². The second kappa shape index (κ2) is 8.08. The Morgan fingerprint density at radius 1 is 1.38 bits per heavy atom. The second-order valence-electron chi connectivity index (χ2n) is 5.16. The summed E-state index contributed by atoms with van der Waals surface area (Å²) < 4.78 is 57.7. The minimum atomic E-state index is -4.63. The van der Waals surface area contributed by atoms with Gasteiger partial charge in [-0.15, -0.1) is 0 Å². The maximum atomic E-state index is 14.4. The standard InChI is InChI=1S/C17H19F4NO2/c1-5-10(3)15(22-14(6-2)17(19,20)21)12-8-7-11(9-13(12)18)16(23)24-4/h6-10H,5H2,1-4H3/b14-6-,22-15?. The molecule has 0 spiro atoms. The van der Waals surface area contributed by atoms with Crippen molar-refractivity contribution in [3.8, 4) is 0 Å². The van der Waals surface area contributed by atoms with Crippen LogP contribution in [0.25, 0.3) is 0 Å². The van der Waals surface area contributed by atoms with Gasteiger partial charge >= 0.3 is 12.1 Å². The Hall–Kier alpha value is -2.18. The highest BCUT2D eigenvalue weighted by Gasteiger charge is 2.34. The van der Waals surface area contributed by atoms with E-state index in [0.717, 1.165) is 19.3 Å². The van der Waals surface area contributed by atoms with Crippen LogP contribution in [0.15, 0.2) is 35.0 Å². The minimum Gasteiger partial charge on any atom is -0.465 e. The molecule has 1 aromatic rings. The largest absolute Gasteiger partial charge is 0.465 e. The van der Waals surface area contributed by atoms with Crippen LogP contribution in [0.5, 0.6) is 0 Å². The molecule has 0 amide bonds.